The lowest BCUT2D eigenvalue weighted by molar-refractivity contribution is -0.124. The Kier molecular flexibility index (Phi) is 5.63. The van der Waals surface area contributed by atoms with Gasteiger partial charge in [-0.3, -0.25) is 15.6 Å². The highest BCUT2D eigenvalue weighted by Gasteiger charge is 2.29. The minimum atomic E-state index is -0.0535. The summed E-state index contributed by atoms with van der Waals surface area (Å²) in [6.07, 6.45) is 1.79. The minimum absolute atomic E-state index is 0.0535. The van der Waals surface area contributed by atoms with Crippen molar-refractivity contribution in [3.63, 3.8) is 0 Å². The van der Waals surface area contributed by atoms with Gasteiger partial charge < -0.3 is 10.2 Å². The molecule has 0 radical (unpaired) electrons. The van der Waals surface area contributed by atoms with Gasteiger partial charge in [-0.25, -0.2) is 4.98 Å². The molecule has 1 fully saturated rings. The van der Waals surface area contributed by atoms with E-state index in [1.54, 1.807) is 6.20 Å². The Bertz CT molecular complexity index is 706. The third kappa shape index (κ3) is 4.35. The summed E-state index contributed by atoms with van der Waals surface area (Å²) in [5.74, 6) is 0.898. The molecule has 0 bridgehead atoms. The quantitative estimate of drug-likeness (QED) is 0.743. The second-order valence-electron chi connectivity index (χ2n) is 6.47. The Labute approximate surface area is 148 Å². The Balaban J connectivity index is 1.65. The summed E-state index contributed by atoms with van der Waals surface area (Å²) in [7, 11) is 2.02. The van der Waals surface area contributed by atoms with Crippen molar-refractivity contribution in [3.8, 4) is 0 Å². The van der Waals surface area contributed by atoms with Crippen molar-refractivity contribution in [2.75, 3.05) is 18.5 Å². The Hall–Kier alpha value is -2.44. The van der Waals surface area contributed by atoms with Crippen LogP contribution in [0.1, 0.15) is 18.1 Å². The molecule has 2 atom stereocenters. The number of amides is 1. The lowest BCUT2D eigenvalue weighted by atomic mass is 10.0. The molecule has 1 aliphatic rings. The number of rotatable bonds is 6. The molecule has 6 nitrogen and oxygen atoms in total. The fourth-order valence-electron chi connectivity index (χ4n) is 3.08. The number of carbonyl (C=O) groups excluding carboxylic acids is 1. The number of nitrogens with one attached hydrogen (secondary N) is 3. The average Bonchev–Trinajstić information content (AvgIpc) is 3.07. The van der Waals surface area contributed by atoms with E-state index in [-0.39, 0.29) is 17.9 Å². The lowest BCUT2D eigenvalue weighted by Crippen LogP contribution is -2.37. The highest BCUT2D eigenvalue weighted by Crippen LogP contribution is 2.18. The van der Waals surface area contributed by atoms with E-state index < -0.39 is 0 Å². The predicted molar refractivity (Wildman–Crippen MR) is 98.7 cm³/mol. The molecule has 1 aliphatic heterocycles. The molecule has 1 aromatic carbocycles. The van der Waals surface area contributed by atoms with Crippen LogP contribution in [-0.4, -0.2) is 30.5 Å². The van der Waals surface area contributed by atoms with Crippen LogP contribution in [0.5, 0.6) is 0 Å². The highest BCUT2D eigenvalue weighted by atomic mass is 16.2. The van der Waals surface area contributed by atoms with Crippen LogP contribution in [0.2, 0.25) is 0 Å². The smallest absolute Gasteiger partial charge is 0.226 e. The summed E-state index contributed by atoms with van der Waals surface area (Å²) in [6.45, 7) is 3.91. The van der Waals surface area contributed by atoms with Crippen molar-refractivity contribution >= 4 is 11.7 Å². The van der Waals surface area contributed by atoms with Gasteiger partial charge in [-0.1, -0.05) is 36.4 Å². The first kappa shape index (κ1) is 17.4. The van der Waals surface area contributed by atoms with Crippen LogP contribution in [0.4, 0.5) is 5.82 Å². The van der Waals surface area contributed by atoms with Gasteiger partial charge in [0.1, 0.15) is 5.82 Å². The van der Waals surface area contributed by atoms with E-state index in [0.29, 0.717) is 13.1 Å². The molecule has 3 rings (SSSR count). The molecule has 1 aromatic heterocycles. The van der Waals surface area contributed by atoms with Crippen molar-refractivity contribution in [3.05, 3.63) is 59.8 Å². The van der Waals surface area contributed by atoms with Crippen LogP contribution in [0, 0.1) is 5.92 Å². The molecule has 0 saturated carbocycles. The highest BCUT2D eigenvalue weighted by molar-refractivity contribution is 5.80. The third-order valence-corrected chi connectivity index (χ3v) is 4.54. The second-order valence-corrected chi connectivity index (χ2v) is 6.47. The zero-order chi connectivity index (χ0) is 17.6. The van der Waals surface area contributed by atoms with E-state index in [1.807, 2.05) is 44.3 Å². The number of pyridine rings is 1. The summed E-state index contributed by atoms with van der Waals surface area (Å²) in [4.78, 5) is 19.0. The number of hydrazine groups is 1. The molecular weight excluding hydrogens is 314 g/mol. The van der Waals surface area contributed by atoms with Crippen LogP contribution in [-0.2, 0) is 17.9 Å². The van der Waals surface area contributed by atoms with Crippen LogP contribution in [0.15, 0.2) is 48.7 Å². The number of benzene rings is 1. The standard InChI is InChI=1S/C19H25N5O/c1-14-17(12-22-23-14)19(25)21-11-16-9-6-10-20-18(16)24(2)13-15-7-4-3-5-8-15/h3-10,14,17,22-23H,11-13H2,1-2H3,(H,21,25). The Morgan fingerprint density at radius 2 is 2.08 bits per heavy atom. The number of hydrogen-bond acceptors (Lipinski definition) is 5. The van der Waals surface area contributed by atoms with Crippen molar-refractivity contribution in [1.82, 2.24) is 21.2 Å². The molecular formula is C19H25N5O. The summed E-state index contributed by atoms with van der Waals surface area (Å²) >= 11 is 0. The van der Waals surface area contributed by atoms with Gasteiger partial charge >= 0.3 is 0 Å². The maximum absolute atomic E-state index is 12.4. The van der Waals surface area contributed by atoms with Gasteiger partial charge in [0, 0.05) is 44.5 Å². The van der Waals surface area contributed by atoms with Crippen molar-refractivity contribution < 1.29 is 4.79 Å². The largest absolute Gasteiger partial charge is 0.355 e. The summed E-state index contributed by atoms with van der Waals surface area (Å²) < 4.78 is 0. The SMILES string of the molecule is CC1NNCC1C(=O)NCc1cccnc1N(C)Cc1ccccc1. The lowest BCUT2D eigenvalue weighted by Gasteiger charge is -2.22. The molecule has 25 heavy (non-hydrogen) atoms. The van der Waals surface area contributed by atoms with Crippen LogP contribution in [0.3, 0.4) is 0 Å². The molecule has 0 spiro atoms. The van der Waals surface area contributed by atoms with Gasteiger partial charge in [0.15, 0.2) is 0 Å². The number of nitrogens with zero attached hydrogens (tertiary/aromatic N) is 2. The molecule has 2 aromatic rings. The monoisotopic (exact) mass is 339 g/mol. The molecule has 1 amide bonds. The molecule has 6 heteroatoms. The molecule has 3 N–H and O–H groups in total. The van der Waals surface area contributed by atoms with Gasteiger partial charge in [0.2, 0.25) is 5.91 Å². The van der Waals surface area contributed by atoms with Crippen LogP contribution < -0.4 is 21.1 Å². The third-order valence-electron chi connectivity index (χ3n) is 4.54. The van der Waals surface area contributed by atoms with Gasteiger partial charge in [-0.05, 0) is 18.6 Å². The second kappa shape index (κ2) is 8.09. The zero-order valence-corrected chi connectivity index (χ0v) is 14.7. The first-order valence-corrected chi connectivity index (χ1v) is 8.60. The predicted octanol–water partition coefficient (Wildman–Crippen LogP) is 1.45. The minimum Gasteiger partial charge on any atom is -0.355 e. The van der Waals surface area contributed by atoms with Crippen molar-refractivity contribution in [2.24, 2.45) is 5.92 Å². The zero-order valence-electron chi connectivity index (χ0n) is 14.7. The Morgan fingerprint density at radius 1 is 1.28 bits per heavy atom. The van der Waals surface area contributed by atoms with Gasteiger partial charge in [0.25, 0.3) is 0 Å². The van der Waals surface area contributed by atoms with E-state index in [1.165, 1.54) is 5.56 Å². The van der Waals surface area contributed by atoms with Gasteiger partial charge in [0.05, 0.1) is 5.92 Å². The van der Waals surface area contributed by atoms with Crippen LogP contribution in [0.25, 0.3) is 0 Å². The number of anilines is 1. The van der Waals surface area contributed by atoms with Crippen molar-refractivity contribution in [1.29, 1.82) is 0 Å². The molecule has 1 saturated heterocycles. The topological polar surface area (TPSA) is 69.3 Å². The summed E-state index contributed by atoms with van der Waals surface area (Å²) in [5.41, 5.74) is 8.34. The van der Waals surface area contributed by atoms with E-state index in [4.69, 9.17) is 0 Å². The fraction of sp³-hybridized carbons (Fsp3) is 0.368. The number of hydrogen-bond donors (Lipinski definition) is 3. The molecule has 0 aliphatic carbocycles. The first-order valence-electron chi connectivity index (χ1n) is 8.60. The van der Waals surface area contributed by atoms with E-state index in [2.05, 4.69) is 38.2 Å². The van der Waals surface area contributed by atoms with Crippen molar-refractivity contribution in [2.45, 2.75) is 26.1 Å². The van der Waals surface area contributed by atoms with E-state index in [9.17, 15) is 4.79 Å². The normalized spacial score (nSPS) is 19.6. The molecule has 132 valence electrons. The van der Waals surface area contributed by atoms with E-state index >= 15 is 0 Å². The molecule has 2 unspecified atom stereocenters. The van der Waals surface area contributed by atoms with Gasteiger partial charge in [-0.15, -0.1) is 0 Å². The summed E-state index contributed by atoms with van der Waals surface area (Å²) in [6, 6.07) is 14.3. The van der Waals surface area contributed by atoms with Gasteiger partial charge in [-0.2, -0.15) is 0 Å². The average molecular weight is 339 g/mol. The number of carbonyl (C=O) groups is 1. The van der Waals surface area contributed by atoms with Crippen LogP contribution >= 0.6 is 0 Å². The molecule has 2 heterocycles. The van der Waals surface area contributed by atoms with E-state index in [0.717, 1.165) is 17.9 Å². The maximum Gasteiger partial charge on any atom is 0.226 e. The first-order chi connectivity index (χ1) is 12.1. The number of aromatic nitrogens is 1. The summed E-state index contributed by atoms with van der Waals surface area (Å²) in [5, 5.41) is 3.04. The maximum atomic E-state index is 12.4. The fourth-order valence-corrected chi connectivity index (χ4v) is 3.08. The Morgan fingerprint density at radius 3 is 2.80 bits per heavy atom.